The van der Waals surface area contributed by atoms with Crippen LogP contribution in [0.25, 0.3) is 11.0 Å². The van der Waals surface area contributed by atoms with E-state index < -0.39 is 0 Å². The molecule has 2 aromatic rings. The van der Waals surface area contributed by atoms with Crippen molar-refractivity contribution in [2.24, 2.45) is 5.73 Å². The third kappa shape index (κ3) is 2.74. The van der Waals surface area contributed by atoms with Gasteiger partial charge in [0.25, 0.3) is 5.91 Å². The number of carbonyl (C=O) groups is 1. The highest BCUT2D eigenvalue weighted by Gasteiger charge is 2.32. The molecular weight excluding hydrogens is 264 g/mol. The van der Waals surface area contributed by atoms with Crippen LogP contribution in [0, 0.1) is 0 Å². The Labute approximate surface area is 117 Å². The monoisotopic (exact) mass is 280 g/mol. The first kappa shape index (κ1) is 13.9. The van der Waals surface area contributed by atoms with Crippen LogP contribution in [0.2, 0.25) is 0 Å². The molecule has 5 heteroatoms. The minimum atomic E-state index is -0.207. The lowest BCUT2D eigenvalue weighted by atomic mass is 9.78. The first-order chi connectivity index (χ1) is 8.66. The number of hydrogen-bond donors (Lipinski definition) is 2. The van der Waals surface area contributed by atoms with Crippen LogP contribution in [-0.2, 0) is 0 Å². The van der Waals surface area contributed by atoms with Crippen molar-refractivity contribution in [2.75, 3.05) is 6.54 Å². The molecule has 1 aliphatic carbocycles. The van der Waals surface area contributed by atoms with Gasteiger partial charge in [-0.2, -0.15) is 0 Å². The number of hydrogen-bond acceptors (Lipinski definition) is 3. The molecule has 102 valence electrons. The molecule has 1 fully saturated rings. The first-order valence-corrected chi connectivity index (χ1v) is 6.22. The molecule has 0 bridgehead atoms. The minimum Gasteiger partial charge on any atom is -0.451 e. The Morgan fingerprint density at radius 3 is 2.74 bits per heavy atom. The van der Waals surface area contributed by atoms with Gasteiger partial charge in [0.2, 0.25) is 0 Å². The Kier molecular flexibility index (Phi) is 3.83. The van der Waals surface area contributed by atoms with E-state index in [1.54, 1.807) is 6.07 Å². The molecule has 0 radical (unpaired) electrons. The molecular formula is C14H17ClN2O2. The Balaban J connectivity index is 0.00000133. The molecule has 0 atom stereocenters. The average molecular weight is 281 g/mol. The zero-order valence-electron chi connectivity index (χ0n) is 10.5. The van der Waals surface area contributed by atoms with Crippen LogP contribution < -0.4 is 11.1 Å². The fourth-order valence-electron chi connectivity index (χ4n) is 2.24. The molecule has 19 heavy (non-hydrogen) atoms. The zero-order valence-corrected chi connectivity index (χ0v) is 11.3. The number of benzene rings is 1. The van der Waals surface area contributed by atoms with Crippen molar-refractivity contribution in [1.82, 2.24) is 5.32 Å². The molecule has 1 saturated carbocycles. The normalized spacial score (nSPS) is 16.5. The second kappa shape index (κ2) is 5.23. The minimum absolute atomic E-state index is 0. The third-order valence-corrected chi connectivity index (χ3v) is 3.60. The van der Waals surface area contributed by atoms with E-state index in [1.807, 2.05) is 24.3 Å². The number of halogens is 1. The van der Waals surface area contributed by atoms with Crippen molar-refractivity contribution in [2.45, 2.75) is 24.8 Å². The van der Waals surface area contributed by atoms with Crippen LogP contribution >= 0.6 is 12.4 Å². The second-order valence-corrected chi connectivity index (χ2v) is 5.05. The molecule has 0 unspecified atom stereocenters. The van der Waals surface area contributed by atoms with E-state index >= 15 is 0 Å². The molecule has 1 aromatic carbocycles. The van der Waals surface area contributed by atoms with Crippen molar-refractivity contribution in [3.05, 3.63) is 36.1 Å². The number of amides is 1. The topological polar surface area (TPSA) is 68.3 Å². The lowest BCUT2D eigenvalue weighted by Gasteiger charge is -2.37. The van der Waals surface area contributed by atoms with Gasteiger partial charge in [0.15, 0.2) is 5.76 Å². The van der Waals surface area contributed by atoms with Gasteiger partial charge in [0.1, 0.15) is 5.58 Å². The van der Waals surface area contributed by atoms with E-state index in [2.05, 4.69) is 5.32 Å². The number of carbonyl (C=O) groups excluding carboxylic acids is 1. The number of fused-ring (bicyclic) bond motifs is 1. The highest BCUT2D eigenvalue weighted by molar-refractivity contribution is 5.96. The number of furan rings is 1. The van der Waals surface area contributed by atoms with Crippen molar-refractivity contribution in [3.8, 4) is 0 Å². The van der Waals surface area contributed by atoms with Gasteiger partial charge in [-0.3, -0.25) is 4.79 Å². The number of nitrogens with two attached hydrogens (primary N) is 1. The molecule has 1 aliphatic rings. The smallest absolute Gasteiger partial charge is 0.287 e. The summed E-state index contributed by atoms with van der Waals surface area (Å²) >= 11 is 0. The number of nitrogens with one attached hydrogen (secondary N) is 1. The summed E-state index contributed by atoms with van der Waals surface area (Å²) in [5.41, 5.74) is 6.58. The number of para-hydroxylation sites is 1. The van der Waals surface area contributed by atoms with E-state index in [-0.39, 0.29) is 23.9 Å². The zero-order chi connectivity index (χ0) is 12.6. The predicted molar refractivity (Wildman–Crippen MR) is 76.6 cm³/mol. The van der Waals surface area contributed by atoms with Crippen LogP contribution in [-0.4, -0.2) is 18.0 Å². The summed E-state index contributed by atoms with van der Waals surface area (Å²) in [6.45, 7) is 0.517. The van der Waals surface area contributed by atoms with E-state index in [0.717, 1.165) is 30.2 Å². The van der Waals surface area contributed by atoms with Gasteiger partial charge in [-0.1, -0.05) is 18.2 Å². The average Bonchev–Trinajstić information content (AvgIpc) is 2.77. The largest absolute Gasteiger partial charge is 0.451 e. The summed E-state index contributed by atoms with van der Waals surface area (Å²) in [6, 6.07) is 9.34. The highest BCUT2D eigenvalue weighted by atomic mass is 35.5. The Bertz CT molecular complexity index is 557. The third-order valence-electron chi connectivity index (χ3n) is 3.60. The number of rotatable bonds is 3. The van der Waals surface area contributed by atoms with E-state index in [0.29, 0.717) is 12.3 Å². The van der Waals surface area contributed by atoms with Gasteiger partial charge < -0.3 is 15.5 Å². The predicted octanol–water partition coefficient (Wildman–Crippen LogP) is 2.47. The van der Waals surface area contributed by atoms with E-state index in [9.17, 15) is 4.79 Å². The molecule has 1 amide bonds. The van der Waals surface area contributed by atoms with Crippen LogP contribution in [0.4, 0.5) is 0 Å². The Morgan fingerprint density at radius 2 is 2.11 bits per heavy atom. The van der Waals surface area contributed by atoms with Crippen molar-refractivity contribution < 1.29 is 9.21 Å². The standard InChI is InChI=1S/C14H16N2O2.ClH/c15-14(6-3-7-14)9-16-13(17)12-8-10-4-1-2-5-11(10)18-12;/h1-2,4-5,8H,3,6-7,9,15H2,(H,16,17);1H. The summed E-state index contributed by atoms with van der Waals surface area (Å²) in [5.74, 6) is 0.155. The maximum atomic E-state index is 11.9. The van der Waals surface area contributed by atoms with Crippen LogP contribution in [0.3, 0.4) is 0 Å². The lowest BCUT2D eigenvalue weighted by Crippen LogP contribution is -2.54. The lowest BCUT2D eigenvalue weighted by molar-refractivity contribution is 0.0904. The van der Waals surface area contributed by atoms with Crippen molar-refractivity contribution in [1.29, 1.82) is 0 Å². The fourth-order valence-corrected chi connectivity index (χ4v) is 2.24. The van der Waals surface area contributed by atoms with Gasteiger partial charge in [-0.25, -0.2) is 0 Å². The summed E-state index contributed by atoms with van der Waals surface area (Å²) < 4.78 is 5.49. The molecule has 0 saturated heterocycles. The first-order valence-electron chi connectivity index (χ1n) is 6.22. The molecule has 0 spiro atoms. The summed E-state index contributed by atoms with van der Waals surface area (Å²) in [6.07, 6.45) is 3.11. The molecule has 3 rings (SSSR count). The fraction of sp³-hybridized carbons (Fsp3) is 0.357. The summed E-state index contributed by atoms with van der Waals surface area (Å²) in [7, 11) is 0. The van der Waals surface area contributed by atoms with Gasteiger partial charge >= 0.3 is 0 Å². The van der Waals surface area contributed by atoms with Gasteiger partial charge in [-0.05, 0) is 31.4 Å². The summed E-state index contributed by atoms with van der Waals surface area (Å²) in [5, 5.41) is 3.78. The van der Waals surface area contributed by atoms with E-state index in [4.69, 9.17) is 10.2 Å². The molecule has 1 heterocycles. The highest BCUT2D eigenvalue weighted by Crippen LogP contribution is 2.28. The Hall–Kier alpha value is -1.52. The van der Waals surface area contributed by atoms with Gasteiger partial charge in [-0.15, -0.1) is 12.4 Å². The maximum absolute atomic E-state index is 11.9. The van der Waals surface area contributed by atoms with Crippen molar-refractivity contribution in [3.63, 3.8) is 0 Å². The Morgan fingerprint density at radius 1 is 1.37 bits per heavy atom. The van der Waals surface area contributed by atoms with E-state index in [1.165, 1.54) is 0 Å². The quantitative estimate of drug-likeness (QED) is 0.907. The summed E-state index contributed by atoms with van der Waals surface area (Å²) in [4.78, 5) is 11.9. The SMILES string of the molecule is Cl.NC1(CNC(=O)c2cc3ccccc3o2)CCC1. The second-order valence-electron chi connectivity index (χ2n) is 5.05. The maximum Gasteiger partial charge on any atom is 0.287 e. The molecule has 4 nitrogen and oxygen atoms in total. The molecule has 3 N–H and O–H groups in total. The van der Waals surface area contributed by atoms with Crippen LogP contribution in [0.1, 0.15) is 29.8 Å². The van der Waals surface area contributed by atoms with Crippen molar-refractivity contribution >= 4 is 29.3 Å². The molecule has 0 aliphatic heterocycles. The molecule has 1 aromatic heterocycles. The van der Waals surface area contributed by atoms with Crippen LogP contribution in [0.15, 0.2) is 34.7 Å². The van der Waals surface area contributed by atoms with Gasteiger partial charge in [0, 0.05) is 17.5 Å². The van der Waals surface area contributed by atoms with Gasteiger partial charge in [0.05, 0.1) is 0 Å². The van der Waals surface area contributed by atoms with Crippen LogP contribution in [0.5, 0.6) is 0 Å².